The average molecular weight is 239 g/mol. The van der Waals surface area contributed by atoms with Gasteiger partial charge >= 0.3 is 5.97 Å². The summed E-state index contributed by atoms with van der Waals surface area (Å²) in [4.78, 5) is 10.7. The normalized spacial score (nSPS) is 10.7. The number of unbranched alkanes of at least 4 members (excludes halogenated alkanes) is 3. The molecule has 0 aliphatic carbocycles. The highest BCUT2D eigenvalue weighted by atomic mass is 16.4. The quantitative estimate of drug-likeness (QED) is 0.705. The van der Waals surface area contributed by atoms with Gasteiger partial charge < -0.3 is 5.11 Å². The molecule has 0 bridgehead atoms. The van der Waals surface area contributed by atoms with Crippen LogP contribution in [0.3, 0.4) is 0 Å². The van der Waals surface area contributed by atoms with E-state index < -0.39 is 5.97 Å². The fraction of sp³-hybridized carbons (Fsp3) is 0.750. The molecule has 1 aromatic rings. The number of carboxylic acid groups (broad SMARTS) is 1. The summed E-state index contributed by atoms with van der Waals surface area (Å²) in [6, 6.07) is 0. The zero-order valence-corrected chi connectivity index (χ0v) is 10.6. The molecule has 5 nitrogen and oxygen atoms in total. The lowest BCUT2D eigenvalue weighted by Crippen LogP contribution is -2.07. The number of aromatic nitrogens is 3. The summed E-state index contributed by atoms with van der Waals surface area (Å²) in [6.45, 7) is 5.03. The lowest BCUT2D eigenvalue weighted by molar-refractivity contribution is -0.136. The number of hydrogen-bond donors (Lipinski definition) is 1. The van der Waals surface area contributed by atoms with Crippen LogP contribution in [0, 0.1) is 0 Å². The molecule has 0 spiro atoms. The molecule has 1 rings (SSSR count). The summed E-state index contributed by atoms with van der Waals surface area (Å²) in [6.07, 6.45) is 5.46. The molecule has 5 heteroatoms. The van der Waals surface area contributed by atoms with Crippen molar-refractivity contribution in [2.24, 2.45) is 0 Å². The molecule has 0 saturated heterocycles. The van der Waals surface area contributed by atoms with Gasteiger partial charge in [-0.25, -0.2) is 4.68 Å². The highest BCUT2D eigenvalue weighted by Crippen LogP contribution is 2.09. The lowest BCUT2D eigenvalue weighted by Gasteiger charge is -2.05. The molecule has 0 fully saturated rings. The van der Waals surface area contributed by atoms with Crippen LogP contribution >= 0.6 is 0 Å². The lowest BCUT2D eigenvalue weighted by atomic mass is 10.2. The van der Waals surface area contributed by atoms with Crippen molar-refractivity contribution in [3.05, 3.63) is 11.4 Å². The van der Waals surface area contributed by atoms with E-state index in [0.29, 0.717) is 5.69 Å². The Bertz CT molecular complexity index is 361. The van der Waals surface area contributed by atoms with Gasteiger partial charge in [0, 0.05) is 6.54 Å². The van der Waals surface area contributed by atoms with Crippen LogP contribution in [0.25, 0.3) is 0 Å². The second-order valence-corrected chi connectivity index (χ2v) is 4.19. The standard InChI is InChI=1S/C12H21N3O2/c1-3-5-6-7-8-15-11(4-2)10(13-14-15)9-12(16)17/h3-9H2,1-2H3,(H,16,17). The molecule has 0 unspecified atom stereocenters. The first-order valence-electron chi connectivity index (χ1n) is 6.32. The first kappa shape index (κ1) is 13.7. The maximum absolute atomic E-state index is 10.7. The Balaban J connectivity index is 2.59. The van der Waals surface area contributed by atoms with E-state index in [-0.39, 0.29) is 6.42 Å². The van der Waals surface area contributed by atoms with E-state index in [4.69, 9.17) is 5.11 Å². The van der Waals surface area contributed by atoms with E-state index in [2.05, 4.69) is 17.2 Å². The van der Waals surface area contributed by atoms with Gasteiger partial charge in [0.2, 0.25) is 0 Å². The average Bonchev–Trinajstić information content (AvgIpc) is 2.66. The fourth-order valence-electron chi connectivity index (χ4n) is 1.90. The van der Waals surface area contributed by atoms with Gasteiger partial charge in [0.1, 0.15) is 0 Å². The molecule has 1 aromatic heterocycles. The third kappa shape index (κ3) is 4.17. The molecule has 0 aromatic carbocycles. The number of aliphatic carboxylic acids is 1. The summed E-state index contributed by atoms with van der Waals surface area (Å²) in [5.74, 6) is -0.849. The Labute approximate surface area is 102 Å². The molecule has 0 aliphatic heterocycles. The van der Waals surface area contributed by atoms with Gasteiger partial charge in [0.15, 0.2) is 0 Å². The topological polar surface area (TPSA) is 68.0 Å². The van der Waals surface area contributed by atoms with Crippen LogP contribution in [0.1, 0.15) is 50.9 Å². The first-order valence-corrected chi connectivity index (χ1v) is 6.32. The van der Waals surface area contributed by atoms with E-state index in [1.807, 2.05) is 11.6 Å². The second kappa shape index (κ2) is 7.04. The van der Waals surface area contributed by atoms with Crippen LogP contribution in [0.2, 0.25) is 0 Å². The van der Waals surface area contributed by atoms with Crippen molar-refractivity contribution in [3.8, 4) is 0 Å². The van der Waals surface area contributed by atoms with Crippen molar-refractivity contribution in [2.75, 3.05) is 0 Å². The zero-order chi connectivity index (χ0) is 12.7. The number of hydrogen-bond acceptors (Lipinski definition) is 3. The third-order valence-electron chi connectivity index (χ3n) is 2.80. The van der Waals surface area contributed by atoms with E-state index in [0.717, 1.165) is 25.1 Å². The van der Waals surface area contributed by atoms with Gasteiger partial charge in [-0.15, -0.1) is 5.10 Å². The summed E-state index contributed by atoms with van der Waals surface area (Å²) in [7, 11) is 0. The molecule has 17 heavy (non-hydrogen) atoms. The Morgan fingerprint density at radius 2 is 2.06 bits per heavy atom. The fourth-order valence-corrected chi connectivity index (χ4v) is 1.90. The maximum Gasteiger partial charge on any atom is 0.309 e. The van der Waals surface area contributed by atoms with Crippen molar-refractivity contribution in [1.82, 2.24) is 15.0 Å². The van der Waals surface area contributed by atoms with Gasteiger partial charge in [0.25, 0.3) is 0 Å². The molecule has 1 heterocycles. The van der Waals surface area contributed by atoms with Gasteiger partial charge in [-0.1, -0.05) is 38.3 Å². The monoisotopic (exact) mass is 239 g/mol. The Morgan fingerprint density at radius 3 is 2.65 bits per heavy atom. The number of carbonyl (C=O) groups is 1. The molecule has 96 valence electrons. The molecule has 0 radical (unpaired) electrons. The van der Waals surface area contributed by atoms with Crippen LogP contribution in [0.4, 0.5) is 0 Å². The Kier molecular flexibility index (Phi) is 5.66. The molecule has 0 amide bonds. The smallest absolute Gasteiger partial charge is 0.309 e. The minimum absolute atomic E-state index is 0.0296. The van der Waals surface area contributed by atoms with Crippen molar-refractivity contribution >= 4 is 5.97 Å². The minimum atomic E-state index is -0.849. The number of aryl methyl sites for hydroxylation is 1. The van der Waals surface area contributed by atoms with Crippen LogP contribution < -0.4 is 0 Å². The molecule has 0 atom stereocenters. The summed E-state index contributed by atoms with van der Waals surface area (Å²) in [5, 5.41) is 16.8. The number of carboxylic acids is 1. The second-order valence-electron chi connectivity index (χ2n) is 4.19. The highest BCUT2D eigenvalue weighted by Gasteiger charge is 2.13. The predicted molar refractivity (Wildman–Crippen MR) is 64.9 cm³/mol. The third-order valence-corrected chi connectivity index (χ3v) is 2.80. The highest BCUT2D eigenvalue weighted by molar-refractivity contribution is 5.69. The largest absolute Gasteiger partial charge is 0.481 e. The van der Waals surface area contributed by atoms with Crippen molar-refractivity contribution in [3.63, 3.8) is 0 Å². The Hall–Kier alpha value is -1.39. The van der Waals surface area contributed by atoms with Crippen LogP contribution in [0.15, 0.2) is 0 Å². The molecular formula is C12H21N3O2. The maximum atomic E-state index is 10.7. The van der Waals surface area contributed by atoms with Gasteiger partial charge in [0.05, 0.1) is 17.8 Å². The van der Waals surface area contributed by atoms with Crippen LogP contribution in [0.5, 0.6) is 0 Å². The predicted octanol–water partition coefficient (Wildman–Crippen LogP) is 2.05. The van der Waals surface area contributed by atoms with Crippen molar-refractivity contribution in [2.45, 2.75) is 58.9 Å². The zero-order valence-electron chi connectivity index (χ0n) is 10.6. The molecule has 1 N–H and O–H groups in total. The van der Waals surface area contributed by atoms with E-state index in [1.165, 1.54) is 19.3 Å². The van der Waals surface area contributed by atoms with Crippen LogP contribution in [-0.2, 0) is 24.2 Å². The number of nitrogens with zero attached hydrogens (tertiary/aromatic N) is 3. The summed E-state index contributed by atoms with van der Waals surface area (Å²) < 4.78 is 1.86. The molecular weight excluding hydrogens is 218 g/mol. The summed E-state index contributed by atoms with van der Waals surface area (Å²) >= 11 is 0. The van der Waals surface area contributed by atoms with Gasteiger partial charge in [-0.05, 0) is 12.8 Å². The minimum Gasteiger partial charge on any atom is -0.481 e. The van der Waals surface area contributed by atoms with Crippen molar-refractivity contribution in [1.29, 1.82) is 0 Å². The Morgan fingerprint density at radius 1 is 1.29 bits per heavy atom. The van der Waals surface area contributed by atoms with E-state index in [1.54, 1.807) is 0 Å². The van der Waals surface area contributed by atoms with E-state index in [9.17, 15) is 4.79 Å². The summed E-state index contributed by atoms with van der Waals surface area (Å²) in [5.41, 5.74) is 1.57. The number of rotatable bonds is 8. The molecule has 0 saturated carbocycles. The van der Waals surface area contributed by atoms with Gasteiger partial charge in [-0.2, -0.15) is 0 Å². The molecule has 0 aliphatic rings. The van der Waals surface area contributed by atoms with Crippen LogP contribution in [-0.4, -0.2) is 26.1 Å². The van der Waals surface area contributed by atoms with Gasteiger partial charge in [-0.3, -0.25) is 4.79 Å². The SMILES string of the molecule is CCCCCCn1nnc(CC(=O)O)c1CC. The van der Waals surface area contributed by atoms with E-state index >= 15 is 0 Å². The van der Waals surface area contributed by atoms with Crippen molar-refractivity contribution < 1.29 is 9.90 Å². The first-order chi connectivity index (χ1) is 8.19.